The van der Waals surface area contributed by atoms with Gasteiger partial charge >= 0.3 is 0 Å². The van der Waals surface area contributed by atoms with Gasteiger partial charge in [-0.1, -0.05) is 11.6 Å². The van der Waals surface area contributed by atoms with Crippen molar-refractivity contribution in [2.45, 2.75) is 25.0 Å². The summed E-state index contributed by atoms with van der Waals surface area (Å²) in [5, 5.41) is 3.20. The van der Waals surface area contributed by atoms with E-state index in [2.05, 4.69) is 10.3 Å². The minimum Gasteiger partial charge on any atom is -0.484 e. The average molecular weight is 380 g/mol. The second-order valence-electron chi connectivity index (χ2n) is 6.49. The van der Waals surface area contributed by atoms with Crippen LogP contribution in [0.4, 0.5) is 14.6 Å². The zero-order chi connectivity index (χ0) is 18.3. The van der Waals surface area contributed by atoms with E-state index in [1.165, 1.54) is 12.3 Å². The van der Waals surface area contributed by atoms with E-state index >= 15 is 0 Å². The SMILES string of the molecule is O=C(NC1CC1)c1cc(N2CC(Oc3ccc(F)cc3F)C2)ncc1Cl. The molecule has 26 heavy (non-hydrogen) atoms. The van der Waals surface area contributed by atoms with Crippen LogP contribution in [0.1, 0.15) is 23.2 Å². The summed E-state index contributed by atoms with van der Waals surface area (Å²) in [5.41, 5.74) is 0.387. The average Bonchev–Trinajstić information content (AvgIpc) is 3.37. The molecule has 2 aliphatic rings. The Kier molecular flexibility index (Phi) is 4.40. The van der Waals surface area contributed by atoms with Crippen molar-refractivity contribution in [2.24, 2.45) is 0 Å². The predicted molar refractivity (Wildman–Crippen MR) is 92.7 cm³/mol. The van der Waals surface area contributed by atoms with Gasteiger partial charge in [-0.15, -0.1) is 0 Å². The van der Waals surface area contributed by atoms with E-state index in [-0.39, 0.29) is 23.8 Å². The summed E-state index contributed by atoms with van der Waals surface area (Å²) in [6.07, 6.45) is 3.20. The van der Waals surface area contributed by atoms with Crippen LogP contribution in [0.25, 0.3) is 0 Å². The van der Waals surface area contributed by atoms with Crippen molar-refractivity contribution in [3.8, 4) is 5.75 Å². The van der Waals surface area contributed by atoms with Crippen molar-refractivity contribution in [1.29, 1.82) is 0 Å². The maximum Gasteiger partial charge on any atom is 0.253 e. The van der Waals surface area contributed by atoms with Crippen LogP contribution in [-0.2, 0) is 0 Å². The van der Waals surface area contributed by atoms with Crippen molar-refractivity contribution in [3.05, 3.63) is 52.7 Å². The highest BCUT2D eigenvalue weighted by molar-refractivity contribution is 6.33. The molecule has 1 saturated heterocycles. The Balaban J connectivity index is 1.39. The number of benzene rings is 1. The summed E-state index contributed by atoms with van der Waals surface area (Å²) in [5.74, 6) is -0.957. The third-order valence-corrected chi connectivity index (χ3v) is 4.66. The van der Waals surface area contributed by atoms with Crippen LogP contribution in [0.2, 0.25) is 5.02 Å². The van der Waals surface area contributed by atoms with Gasteiger partial charge in [0.25, 0.3) is 5.91 Å². The predicted octanol–water partition coefficient (Wildman–Crippen LogP) is 3.17. The van der Waals surface area contributed by atoms with Crippen LogP contribution < -0.4 is 15.0 Å². The summed E-state index contributed by atoms with van der Waals surface area (Å²) in [7, 11) is 0. The van der Waals surface area contributed by atoms with Crippen molar-refractivity contribution >= 4 is 23.3 Å². The molecule has 8 heteroatoms. The summed E-state index contributed by atoms with van der Waals surface area (Å²) in [4.78, 5) is 18.4. The molecule has 2 aromatic rings. The minimum atomic E-state index is -0.730. The van der Waals surface area contributed by atoms with E-state index in [1.807, 2.05) is 4.90 Å². The number of nitrogens with one attached hydrogen (secondary N) is 1. The van der Waals surface area contributed by atoms with Gasteiger partial charge in [-0.2, -0.15) is 0 Å². The minimum absolute atomic E-state index is 0.0182. The van der Waals surface area contributed by atoms with Gasteiger partial charge in [0.1, 0.15) is 17.7 Å². The summed E-state index contributed by atoms with van der Waals surface area (Å²) in [6, 6.07) is 5.10. The van der Waals surface area contributed by atoms with Crippen molar-refractivity contribution in [2.75, 3.05) is 18.0 Å². The number of carbonyl (C=O) groups is 1. The molecule has 0 radical (unpaired) electrons. The maximum atomic E-state index is 13.6. The topological polar surface area (TPSA) is 54.5 Å². The molecule has 1 aromatic carbocycles. The van der Waals surface area contributed by atoms with Crippen molar-refractivity contribution in [3.63, 3.8) is 0 Å². The highest BCUT2D eigenvalue weighted by Gasteiger charge is 2.31. The quantitative estimate of drug-likeness (QED) is 0.867. The number of hydrogen-bond acceptors (Lipinski definition) is 4. The molecule has 1 aliphatic heterocycles. The second kappa shape index (κ2) is 6.72. The molecular formula is C18H16ClF2N3O2. The van der Waals surface area contributed by atoms with E-state index in [1.54, 1.807) is 6.07 Å². The molecule has 0 spiro atoms. The number of halogens is 3. The van der Waals surface area contributed by atoms with Crippen LogP contribution in [0, 0.1) is 11.6 Å². The Morgan fingerprint density at radius 3 is 2.73 bits per heavy atom. The molecule has 2 fully saturated rings. The first-order valence-electron chi connectivity index (χ1n) is 8.32. The molecular weight excluding hydrogens is 364 g/mol. The first-order chi connectivity index (χ1) is 12.5. The Bertz CT molecular complexity index is 854. The number of anilines is 1. The van der Waals surface area contributed by atoms with E-state index < -0.39 is 11.6 Å². The number of amides is 1. The van der Waals surface area contributed by atoms with Crippen LogP contribution in [0.3, 0.4) is 0 Å². The standard InChI is InChI=1S/C18H16ClF2N3O2/c19-14-7-22-17(6-13(14)18(25)23-11-2-3-11)24-8-12(9-24)26-16-4-1-10(20)5-15(16)21/h1,4-7,11-12H,2-3,8-9H2,(H,23,25). The molecule has 0 atom stereocenters. The molecule has 136 valence electrons. The number of pyridine rings is 1. The number of carbonyl (C=O) groups excluding carboxylic acids is 1. The van der Waals surface area contributed by atoms with Gasteiger partial charge in [0, 0.05) is 18.3 Å². The fourth-order valence-corrected chi connectivity index (χ4v) is 2.90. The molecule has 1 amide bonds. The van der Waals surface area contributed by atoms with E-state index in [9.17, 15) is 13.6 Å². The molecule has 1 aromatic heterocycles. The summed E-state index contributed by atoms with van der Waals surface area (Å²) < 4.78 is 32.1. The highest BCUT2D eigenvalue weighted by Crippen LogP contribution is 2.28. The molecule has 1 aliphatic carbocycles. The maximum absolute atomic E-state index is 13.6. The molecule has 1 saturated carbocycles. The fourth-order valence-electron chi connectivity index (χ4n) is 2.72. The molecule has 1 N–H and O–H groups in total. The van der Waals surface area contributed by atoms with Gasteiger partial charge in [-0.05, 0) is 31.0 Å². The van der Waals surface area contributed by atoms with Crippen LogP contribution in [0.15, 0.2) is 30.5 Å². The van der Waals surface area contributed by atoms with Crippen LogP contribution >= 0.6 is 11.6 Å². The highest BCUT2D eigenvalue weighted by atomic mass is 35.5. The lowest BCUT2D eigenvalue weighted by Crippen LogP contribution is -2.54. The van der Waals surface area contributed by atoms with Crippen LogP contribution in [0.5, 0.6) is 5.75 Å². The lowest BCUT2D eigenvalue weighted by molar-refractivity contribution is 0.0951. The number of ether oxygens (including phenoxy) is 1. The smallest absolute Gasteiger partial charge is 0.253 e. The van der Waals surface area contributed by atoms with Crippen LogP contribution in [-0.4, -0.2) is 36.1 Å². The Labute approximate surface area is 153 Å². The molecule has 0 bridgehead atoms. The molecule has 4 rings (SSSR count). The fraction of sp³-hybridized carbons (Fsp3) is 0.333. The van der Waals surface area contributed by atoms with Gasteiger partial charge in [-0.3, -0.25) is 4.79 Å². The first-order valence-corrected chi connectivity index (χ1v) is 8.70. The Hall–Kier alpha value is -2.41. The lowest BCUT2D eigenvalue weighted by Gasteiger charge is -2.39. The van der Waals surface area contributed by atoms with E-state index in [0.29, 0.717) is 29.5 Å². The normalized spacial score (nSPS) is 17.0. The lowest BCUT2D eigenvalue weighted by atomic mass is 10.1. The third kappa shape index (κ3) is 3.58. The number of hydrogen-bond donors (Lipinski definition) is 1. The number of nitrogens with zero attached hydrogens (tertiary/aromatic N) is 2. The van der Waals surface area contributed by atoms with Gasteiger partial charge in [0.05, 0.1) is 23.7 Å². The summed E-state index contributed by atoms with van der Waals surface area (Å²) >= 11 is 6.09. The summed E-state index contributed by atoms with van der Waals surface area (Å²) in [6.45, 7) is 0.963. The zero-order valence-corrected chi connectivity index (χ0v) is 14.5. The van der Waals surface area contributed by atoms with Gasteiger partial charge in [0.2, 0.25) is 0 Å². The van der Waals surface area contributed by atoms with Gasteiger partial charge < -0.3 is 15.0 Å². The third-order valence-electron chi connectivity index (χ3n) is 4.36. The molecule has 0 unspecified atom stereocenters. The molecule has 5 nitrogen and oxygen atoms in total. The zero-order valence-electron chi connectivity index (χ0n) is 13.7. The van der Waals surface area contributed by atoms with Gasteiger partial charge in [-0.25, -0.2) is 13.8 Å². The van der Waals surface area contributed by atoms with E-state index in [0.717, 1.165) is 25.0 Å². The Morgan fingerprint density at radius 2 is 2.04 bits per heavy atom. The second-order valence-corrected chi connectivity index (χ2v) is 6.90. The Morgan fingerprint density at radius 1 is 1.27 bits per heavy atom. The first kappa shape index (κ1) is 17.0. The number of aromatic nitrogens is 1. The van der Waals surface area contributed by atoms with E-state index in [4.69, 9.17) is 16.3 Å². The van der Waals surface area contributed by atoms with Crippen molar-refractivity contribution < 1.29 is 18.3 Å². The van der Waals surface area contributed by atoms with Crippen molar-refractivity contribution in [1.82, 2.24) is 10.3 Å². The number of rotatable bonds is 5. The molecule has 2 heterocycles. The van der Waals surface area contributed by atoms with Gasteiger partial charge in [0.15, 0.2) is 11.6 Å². The monoisotopic (exact) mass is 379 g/mol. The largest absolute Gasteiger partial charge is 0.484 e.